The second-order valence-electron chi connectivity index (χ2n) is 7.03. The largest absolute Gasteiger partial charge is 0.373 e. The molecule has 0 bridgehead atoms. The van der Waals surface area contributed by atoms with E-state index >= 15 is 0 Å². The molecule has 26 heavy (non-hydrogen) atoms. The first-order chi connectivity index (χ1) is 12.8. The van der Waals surface area contributed by atoms with Crippen LogP contribution in [0.15, 0.2) is 24.3 Å². The first kappa shape index (κ1) is 22.7. The van der Waals surface area contributed by atoms with E-state index in [1.807, 2.05) is 24.3 Å². The van der Waals surface area contributed by atoms with Crippen LogP contribution in [0.5, 0.6) is 0 Å². The average molecular weight is 362 g/mol. The normalized spacial score (nSPS) is 10.8. The lowest BCUT2D eigenvalue weighted by Gasteiger charge is -2.05. The van der Waals surface area contributed by atoms with Crippen molar-refractivity contribution in [2.24, 2.45) is 0 Å². The predicted molar refractivity (Wildman–Crippen MR) is 108 cm³/mol. The average Bonchev–Trinajstić information content (AvgIpc) is 2.67. The quantitative estimate of drug-likeness (QED) is 0.183. The van der Waals surface area contributed by atoms with Gasteiger partial charge in [-0.1, -0.05) is 90.2 Å². The lowest BCUT2D eigenvalue weighted by atomic mass is 10.0. The summed E-state index contributed by atoms with van der Waals surface area (Å²) in [4.78, 5) is 21.9. The van der Waals surface area contributed by atoms with Crippen LogP contribution in [-0.4, -0.2) is 12.6 Å². The van der Waals surface area contributed by atoms with Crippen LogP contribution < -0.4 is 0 Å². The van der Waals surface area contributed by atoms with Gasteiger partial charge in [0.2, 0.25) is 0 Å². The summed E-state index contributed by atoms with van der Waals surface area (Å²) in [7, 11) is 0. The molecule has 0 aliphatic rings. The fourth-order valence-corrected chi connectivity index (χ4v) is 2.93. The van der Waals surface area contributed by atoms with Gasteiger partial charge in [0, 0.05) is 0 Å². The lowest BCUT2D eigenvalue weighted by Crippen LogP contribution is -2.07. The second kappa shape index (κ2) is 15.9. The summed E-state index contributed by atoms with van der Waals surface area (Å²) >= 11 is 0. The molecule has 0 aliphatic carbocycles. The number of hydrogen-bond donors (Lipinski definition) is 0. The molecule has 0 aromatic heterocycles. The van der Waals surface area contributed by atoms with Gasteiger partial charge in [0.25, 0.3) is 0 Å². The lowest BCUT2D eigenvalue weighted by molar-refractivity contribution is -0.241. The van der Waals surface area contributed by atoms with E-state index in [0.29, 0.717) is 12.2 Å². The van der Waals surface area contributed by atoms with Crippen molar-refractivity contribution in [1.82, 2.24) is 0 Å². The van der Waals surface area contributed by atoms with Crippen molar-refractivity contribution in [2.45, 2.75) is 90.4 Å². The molecule has 0 spiro atoms. The molecule has 0 amide bonds. The van der Waals surface area contributed by atoms with Crippen LogP contribution >= 0.6 is 0 Å². The van der Waals surface area contributed by atoms with Gasteiger partial charge >= 0.3 is 5.97 Å². The molecule has 1 rings (SSSR count). The standard InChI is InChI=1S/C23H37O3/c1-3-5-7-9-10-11-12-14-20-25-26-23(24)22-18-16-21(17-19-22)15-13-8-6-4-2/h16-19H,1,3-15,20H2,2H3. The highest BCUT2D eigenvalue weighted by atomic mass is 17.2. The number of rotatable bonds is 16. The molecular weight excluding hydrogens is 324 g/mol. The highest BCUT2D eigenvalue weighted by molar-refractivity contribution is 5.88. The first-order valence-corrected chi connectivity index (χ1v) is 10.5. The Labute approximate surface area is 160 Å². The van der Waals surface area contributed by atoms with E-state index in [1.54, 1.807) is 0 Å². The highest BCUT2D eigenvalue weighted by Crippen LogP contribution is 2.11. The number of carbonyl (C=O) groups excluding carboxylic acids is 1. The number of benzene rings is 1. The summed E-state index contributed by atoms with van der Waals surface area (Å²) < 4.78 is 0. The first-order valence-electron chi connectivity index (χ1n) is 10.5. The topological polar surface area (TPSA) is 35.5 Å². The van der Waals surface area contributed by atoms with Crippen molar-refractivity contribution in [2.75, 3.05) is 6.61 Å². The highest BCUT2D eigenvalue weighted by Gasteiger charge is 2.08. The van der Waals surface area contributed by atoms with E-state index in [0.717, 1.165) is 25.7 Å². The third kappa shape index (κ3) is 11.3. The fourth-order valence-electron chi connectivity index (χ4n) is 2.93. The molecule has 0 unspecified atom stereocenters. The number of hydrogen-bond acceptors (Lipinski definition) is 3. The van der Waals surface area contributed by atoms with Gasteiger partial charge in [0.05, 0.1) is 12.2 Å². The third-order valence-electron chi connectivity index (χ3n) is 4.62. The number of carbonyl (C=O) groups is 1. The summed E-state index contributed by atoms with van der Waals surface area (Å²) in [6.07, 6.45) is 15.5. The fraction of sp³-hybridized carbons (Fsp3) is 0.652. The molecule has 3 nitrogen and oxygen atoms in total. The Hall–Kier alpha value is -1.35. The molecule has 0 N–H and O–H groups in total. The van der Waals surface area contributed by atoms with E-state index in [9.17, 15) is 4.79 Å². The smallest absolute Gasteiger partial charge is 0.293 e. The summed E-state index contributed by atoms with van der Waals surface area (Å²) in [5.74, 6) is -0.407. The van der Waals surface area contributed by atoms with Gasteiger partial charge in [-0.2, -0.15) is 4.89 Å². The minimum atomic E-state index is -0.407. The van der Waals surface area contributed by atoms with Crippen molar-refractivity contribution >= 4 is 5.97 Å². The Morgan fingerprint density at radius 1 is 0.846 bits per heavy atom. The van der Waals surface area contributed by atoms with Crippen LogP contribution in [0.1, 0.15) is 99.9 Å². The Bertz CT molecular complexity index is 453. The Morgan fingerprint density at radius 2 is 1.46 bits per heavy atom. The minimum Gasteiger partial charge on any atom is -0.293 e. The van der Waals surface area contributed by atoms with Crippen molar-refractivity contribution in [3.8, 4) is 0 Å². The van der Waals surface area contributed by atoms with Gasteiger partial charge < -0.3 is 0 Å². The van der Waals surface area contributed by atoms with Crippen LogP contribution in [0, 0.1) is 6.92 Å². The van der Waals surface area contributed by atoms with E-state index in [1.165, 1.54) is 63.4 Å². The van der Waals surface area contributed by atoms with Crippen molar-refractivity contribution in [3.63, 3.8) is 0 Å². The summed E-state index contributed by atoms with van der Waals surface area (Å²) in [6, 6.07) is 7.67. The molecule has 0 fully saturated rings. The zero-order valence-corrected chi connectivity index (χ0v) is 16.6. The Morgan fingerprint density at radius 3 is 2.12 bits per heavy atom. The molecule has 147 valence electrons. The van der Waals surface area contributed by atoms with E-state index in [-0.39, 0.29) is 0 Å². The monoisotopic (exact) mass is 361 g/mol. The molecule has 1 aromatic carbocycles. The van der Waals surface area contributed by atoms with Gasteiger partial charge in [0.15, 0.2) is 0 Å². The maximum absolute atomic E-state index is 11.9. The minimum absolute atomic E-state index is 0.407. The van der Waals surface area contributed by atoms with E-state index in [4.69, 9.17) is 9.78 Å². The van der Waals surface area contributed by atoms with Gasteiger partial charge in [-0.05, 0) is 37.0 Å². The number of unbranched alkanes of at least 4 members (excludes halogenated alkanes) is 10. The molecule has 0 saturated heterocycles. The molecular formula is C23H37O3. The van der Waals surface area contributed by atoms with Crippen molar-refractivity contribution < 1.29 is 14.6 Å². The molecule has 0 saturated carbocycles. The van der Waals surface area contributed by atoms with Crippen molar-refractivity contribution in [3.05, 3.63) is 42.3 Å². The predicted octanol–water partition coefficient (Wildman–Crippen LogP) is 6.85. The zero-order chi connectivity index (χ0) is 18.9. The van der Waals surface area contributed by atoms with E-state index in [2.05, 4.69) is 13.8 Å². The Balaban J connectivity index is 2.06. The van der Waals surface area contributed by atoms with Crippen LogP contribution in [0.2, 0.25) is 0 Å². The summed E-state index contributed by atoms with van der Waals surface area (Å²) in [5, 5.41) is 0. The van der Waals surface area contributed by atoms with Gasteiger partial charge in [-0.3, -0.25) is 4.89 Å². The van der Waals surface area contributed by atoms with Crippen LogP contribution in [-0.2, 0) is 16.2 Å². The molecule has 0 aliphatic heterocycles. The van der Waals surface area contributed by atoms with Gasteiger partial charge in [-0.15, -0.1) is 0 Å². The summed E-state index contributed by atoms with van der Waals surface area (Å²) in [5.41, 5.74) is 1.82. The van der Waals surface area contributed by atoms with E-state index < -0.39 is 5.97 Å². The molecule has 1 aromatic rings. The van der Waals surface area contributed by atoms with Gasteiger partial charge in [-0.25, -0.2) is 4.79 Å². The van der Waals surface area contributed by atoms with Crippen LogP contribution in [0.3, 0.4) is 0 Å². The zero-order valence-electron chi connectivity index (χ0n) is 16.6. The summed E-state index contributed by atoms with van der Waals surface area (Å²) in [6.45, 7) is 6.54. The van der Waals surface area contributed by atoms with Crippen LogP contribution in [0.25, 0.3) is 0 Å². The van der Waals surface area contributed by atoms with Crippen molar-refractivity contribution in [1.29, 1.82) is 0 Å². The molecule has 1 radical (unpaired) electrons. The van der Waals surface area contributed by atoms with Gasteiger partial charge in [0.1, 0.15) is 0 Å². The maximum atomic E-state index is 11.9. The number of aryl methyl sites for hydroxylation is 1. The van der Waals surface area contributed by atoms with Crippen LogP contribution in [0.4, 0.5) is 0 Å². The Kier molecular flexibility index (Phi) is 13.8. The molecule has 0 atom stereocenters. The SMILES string of the molecule is [CH2]CCCCCCCCCOOC(=O)c1ccc(CCCCCC)cc1. The second-order valence-corrected chi connectivity index (χ2v) is 7.03. The molecule has 3 heteroatoms. The molecule has 0 heterocycles. The third-order valence-corrected chi connectivity index (χ3v) is 4.62. The maximum Gasteiger partial charge on any atom is 0.373 e.